The normalized spacial score (nSPS) is 29.9. The van der Waals surface area contributed by atoms with Crippen molar-refractivity contribution in [1.29, 1.82) is 0 Å². The number of hydrogen-bond donors (Lipinski definition) is 0. The van der Waals surface area contributed by atoms with Crippen molar-refractivity contribution in [3.8, 4) is 0 Å². The summed E-state index contributed by atoms with van der Waals surface area (Å²) in [5.74, 6) is 0. The van der Waals surface area contributed by atoms with E-state index in [0.29, 0.717) is 12.1 Å². The van der Waals surface area contributed by atoms with E-state index in [-0.39, 0.29) is 0 Å². The maximum absolute atomic E-state index is 5.91. The van der Waals surface area contributed by atoms with Gasteiger partial charge in [-0.25, -0.2) is 0 Å². The number of nitrogens with zero attached hydrogens (tertiary/aromatic N) is 1. The van der Waals surface area contributed by atoms with E-state index in [1.165, 1.54) is 31.2 Å². The van der Waals surface area contributed by atoms with Gasteiger partial charge in [-0.1, -0.05) is 43.2 Å². The summed E-state index contributed by atoms with van der Waals surface area (Å²) in [4.78, 5) is 2.63. The van der Waals surface area contributed by atoms with Crippen molar-refractivity contribution in [2.75, 3.05) is 13.2 Å². The van der Waals surface area contributed by atoms with Crippen LogP contribution in [0.25, 0.3) is 0 Å². The van der Waals surface area contributed by atoms with E-state index >= 15 is 0 Å². The number of benzene rings is 1. The minimum absolute atomic E-state index is 0.501. The molecule has 3 rings (SSSR count). The van der Waals surface area contributed by atoms with Gasteiger partial charge in [0, 0.05) is 19.1 Å². The van der Waals surface area contributed by atoms with Crippen molar-refractivity contribution >= 4 is 0 Å². The molecule has 1 aromatic carbocycles. The van der Waals surface area contributed by atoms with Crippen LogP contribution in [0.5, 0.6) is 0 Å². The first-order valence-corrected chi connectivity index (χ1v) is 6.83. The quantitative estimate of drug-likeness (QED) is 0.776. The molecule has 1 heterocycles. The zero-order valence-corrected chi connectivity index (χ0v) is 10.3. The van der Waals surface area contributed by atoms with Crippen molar-refractivity contribution in [2.24, 2.45) is 0 Å². The van der Waals surface area contributed by atoms with Gasteiger partial charge in [-0.3, -0.25) is 4.90 Å². The largest absolute Gasteiger partial charge is 0.375 e. The molecule has 1 aliphatic carbocycles. The molecule has 0 unspecified atom stereocenters. The highest BCUT2D eigenvalue weighted by Crippen LogP contribution is 2.29. The number of hydrogen-bond acceptors (Lipinski definition) is 2. The molecule has 2 nitrogen and oxygen atoms in total. The van der Waals surface area contributed by atoms with Crippen LogP contribution >= 0.6 is 0 Å². The van der Waals surface area contributed by atoms with E-state index < -0.39 is 0 Å². The molecule has 0 amide bonds. The summed E-state index contributed by atoms with van der Waals surface area (Å²) in [6.07, 6.45) is 5.80. The third-order valence-corrected chi connectivity index (χ3v) is 4.08. The van der Waals surface area contributed by atoms with Gasteiger partial charge in [-0.2, -0.15) is 0 Å². The van der Waals surface area contributed by atoms with Crippen molar-refractivity contribution < 1.29 is 4.74 Å². The lowest BCUT2D eigenvalue weighted by Crippen LogP contribution is -2.52. The van der Waals surface area contributed by atoms with E-state index in [4.69, 9.17) is 4.74 Å². The summed E-state index contributed by atoms with van der Waals surface area (Å²) in [6, 6.07) is 11.5. The third-order valence-electron chi connectivity index (χ3n) is 4.08. The Balaban J connectivity index is 1.69. The highest BCUT2D eigenvalue weighted by molar-refractivity contribution is 5.14. The fourth-order valence-electron chi connectivity index (χ4n) is 3.19. The van der Waals surface area contributed by atoms with Crippen LogP contribution < -0.4 is 0 Å². The van der Waals surface area contributed by atoms with Crippen LogP contribution in [0, 0.1) is 0 Å². The van der Waals surface area contributed by atoms with Crippen LogP contribution in [0.3, 0.4) is 0 Å². The molecular formula is C15H21NO. The second kappa shape index (κ2) is 5.19. The number of morpholine rings is 1. The fourth-order valence-corrected chi connectivity index (χ4v) is 3.19. The van der Waals surface area contributed by atoms with Gasteiger partial charge in [-0.05, 0) is 18.4 Å². The highest BCUT2D eigenvalue weighted by Gasteiger charge is 2.33. The van der Waals surface area contributed by atoms with Gasteiger partial charge in [0.05, 0.1) is 12.7 Å². The first-order chi connectivity index (χ1) is 8.43. The zero-order chi connectivity index (χ0) is 11.5. The topological polar surface area (TPSA) is 12.5 Å². The SMILES string of the molecule is c1ccc(CN2CCO[C@H]3CCCC[C@@H]32)cc1. The maximum atomic E-state index is 5.91. The molecule has 0 N–H and O–H groups in total. The molecule has 0 spiro atoms. The molecule has 2 heteroatoms. The van der Waals surface area contributed by atoms with Gasteiger partial charge >= 0.3 is 0 Å². The molecular weight excluding hydrogens is 210 g/mol. The molecule has 17 heavy (non-hydrogen) atoms. The minimum atomic E-state index is 0.501. The van der Waals surface area contributed by atoms with E-state index in [1.807, 2.05) is 0 Å². The summed E-state index contributed by atoms with van der Waals surface area (Å²) < 4.78 is 5.91. The van der Waals surface area contributed by atoms with E-state index in [0.717, 1.165) is 19.7 Å². The number of ether oxygens (including phenoxy) is 1. The Morgan fingerprint density at radius 3 is 2.82 bits per heavy atom. The summed E-state index contributed by atoms with van der Waals surface area (Å²) >= 11 is 0. The Morgan fingerprint density at radius 2 is 1.94 bits per heavy atom. The Kier molecular flexibility index (Phi) is 3.44. The van der Waals surface area contributed by atoms with Crippen molar-refractivity contribution in [1.82, 2.24) is 4.90 Å². The second-order valence-electron chi connectivity index (χ2n) is 5.22. The van der Waals surface area contributed by atoms with Crippen LogP contribution in [0.4, 0.5) is 0 Å². The summed E-state index contributed by atoms with van der Waals surface area (Å²) in [5.41, 5.74) is 1.43. The lowest BCUT2D eigenvalue weighted by Gasteiger charge is -2.43. The van der Waals surface area contributed by atoms with Crippen LogP contribution in [0.2, 0.25) is 0 Å². The highest BCUT2D eigenvalue weighted by atomic mass is 16.5. The van der Waals surface area contributed by atoms with Gasteiger partial charge in [-0.15, -0.1) is 0 Å². The molecule has 2 aliphatic rings. The first-order valence-electron chi connectivity index (χ1n) is 6.83. The number of rotatable bonds is 2. The summed E-state index contributed by atoms with van der Waals surface area (Å²) in [7, 11) is 0. The van der Waals surface area contributed by atoms with E-state index in [2.05, 4.69) is 35.2 Å². The summed E-state index contributed by atoms with van der Waals surface area (Å²) in [5, 5.41) is 0. The van der Waals surface area contributed by atoms with Crippen molar-refractivity contribution in [3.63, 3.8) is 0 Å². The Hall–Kier alpha value is -0.860. The van der Waals surface area contributed by atoms with Crippen LogP contribution in [0.15, 0.2) is 30.3 Å². The standard InChI is InChI=1S/C15H21NO/c1-2-6-13(7-3-1)12-16-10-11-17-15-9-5-4-8-14(15)16/h1-3,6-7,14-15H,4-5,8-12H2/t14-,15-/m0/s1. The Labute approximate surface area is 104 Å². The zero-order valence-electron chi connectivity index (χ0n) is 10.3. The van der Waals surface area contributed by atoms with Gasteiger partial charge in [0.1, 0.15) is 0 Å². The summed E-state index contributed by atoms with van der Waals surface area (Å²) in [6.45, 7) is 3.09. The predicted octanol–water partition coefficient (Wildman–Crippen LogP) is 2.83. The lowest BCUT2D eigenvalue weighted by atomic mass is 9.90. The van der Waals surface area contributed by atoms with Crippen LogP contribution in [-0.2, 0) is 11.3 Å². The second-order valence-corrected chi connectivity index (χ2v) is 5.22. The Morgan fingerprint density at radius 1 is 1.12 bits per heavy atom. The van der Waals surface area contributed by atoms with Gasteiger partial charge in [0.25, 0.3) is 0 Å². The van der Waals surface area contributed by atoms with Gasteiger partial charge < -0.3 is 4.74 Å². The number of fused-ring (bicyclic) bond motifs is 1. The Bertz CT molecular complexity index is 349. The van der Waals surface area contributed by atoms with Crippen LogP contribution in [-0.4, -0.2) is 30.2 Å². The lowest BCUT2D eigenvalue weighted by molar-refractivity contribution is -0.0911. The molecule has 1 aliphatic heterocycles. The third kappa shape index (κ3) is 2.53. The first kappa shape index (κ1) is 11.2. The monoisotopic (exact) mass is 231 g/mol. The molecule has 0 aromatic heterocycles. The average Bonchev–Trinajstić information content (AvgIpc) is 2.40. The van der Waals surface area contributed by atoms with Crippen molar-refractivity contribution in [3.05, 3.63) is 35.9 Å². The molecule has 2 atom stereocenters. The van der Waals surface area contributed by atoms with Crippen LogP contribution in [0.1, 0.15) is 31.2 Å². The molecule has 2 fully saturated rings. The van der Waals surface area contributed by atoms with Crippen molar-refractivity contribution in [2.45, 2.75) is 44.4 Å². The van der Waals surface area contributed by atoms with E-state index in [1.54, 1.807) is 0 Å². The molecule has 1 saturated heterocycles. The van der Waals surface area contributed by atoms with Gasteiger partial charge in [0.2, 0.25) is 0 Å². The molecule has 0 bridgehead atoms. The predicted molar refractivity (Wildman–Crippen MR) is 68.8 cm³/mol. The molecule has 0 radical (unpaired) electrons. The molecule has 1 saturated carbocycles. The minimum Gasteiger partial charge on any atom is -0.375 e. The molecule has 92 valence electrons. The van der Waals surface area contributed by atoms with E-state index in [9.17, 15) is 0 Å². The maximum Gasteiger partial charge on any atom is 0.0731 e. The van der Waals surface area contributed by atoms with Gasteiger partial charge in [0.15, 0.2) is 0 Å². The average molecular weight is 231 g/mol. The molecule has 1 aromatic rings. The smallest absolute Gasteiger partial charge is 0.0731 e. The fraction of sp³-hybridized carbons (Fsp3) is 0.600.